The zero-order chi connectivity index (χ0) is 14.3. The summed E-state index contributed by atoms with van der Waals surface area (Å²) in [4.78, 5) is 25.7. The van der Waals surface area contributed by atoms with Crippen molar-refractivity contribution in [3.8, 4) is 0 Å². The number of carboxylic acid groups (broad SMARTS) is 1. The van der Waals surface area contributed by atoms with E-state index in [1.54, 1.807) is 0 Å². The Bertz CT molecular complexity index is 664. The molecule has 1 aromatic carbocycles. The van der Waals surface area contributed by atoms with Crippen molar-refractivity contribution >= 4 is 33.3 Å². The SMILES string of the molecule is NC1(C(=O)O)CCN(C(=O)c2cc3ccccc3s2)C1. The quantitative estimate of drug-likeness (QED) is 0.878. The molecule has 0 spiro atoms. The van der Waals surface area contributed by atoms with Gasteiger partial charge >= 0.3 is 5.97 Å². The number of nitrogens with two attached hydrogens (primary N) is 1. The number of carboxylic acids is 1. The smallest absolute Gasteiger partial charge is 0.325 e. The van der Waals surface area contributed by atoms with Gasteiger partial charge in [0.05, 0.1) is 4.88 Å². The van der Waals surface area contributed by atoms with Gasteiger partial charge in [0.15, 0.2) is 0 Å². The van der Waals surface area contributed by atoms with Crippen LogP contribution in [-0.4, -0.2) is 40.5 Å². The zero-order valence-corrected chi connectivity index (χ0v) is 11.5. The van der Waals surface area contributed by atoms with Crippen molar-refractivity contribution in [1.82, 2.24) is 4.90 Å². The van der Waals surface area contributed by atoms with Crippen molar-refractivity contribution in [1.29, 1.82) is 0 Å². The molecule has 0 saturated carbocycles. The van der Waals surface area contributed by atoms with E-state index in [2.05, 4.69) is 0 Å². The minimum Gasteiger partial charge on any atom is -0.480 e. The van der Waals surface area contributed by atoms with Crippen LogP contribution in [0, 0.1) is 0 Å². The van der Waals surface area contributed by atoms with E-state index in [-0.39, 0.29) is 12.5 Å². The van der Waals surface area contributed by atoms with Gasteiger partial charge in [0, 0.05) is 17.8 Å². The summed E-state index contributed by atoms with van der Waals surface area (Å²) >= 11 is 1.42. The van der Waals surface area contributed by atoms with E-state index in [0.29, 0.717) is 17.8 Å². The standard InChI is InChI=1S/C14H14N2O3S/c15-14(13(18)19)5-6-16(8-14)12(17)11-7-9-3-1-2-4-10(9)20-11/h1-4,7H,5-6,8,15H2,(H,18,19). The highest BCUT2D eigenvalue weighted by atomic mass is 32.1. The molecule has 1 atom stereocenters. The number of benzene rings is 1. The first-order chi connectivity index (χ1) is 9.49. The molecule has 6 heteroatoms. The molecule has 3 rings (SSSR count). The number of hydrogen-bond donors (Lipinski definition) is 2. The molecule has 5 nitrogen and oxygen atoms in total. The van der Waals surface area contributed by atoms with Crippen LogP contribution in [0.5, 0.6) is 0 Å². The van der Waals surface area contributed by atoms with Gasteiger partial charge in [0.25, 0.3) is 5.91 Å². The van der Waals surface area contributed by atoms with Gasteiger partial charge in [0.1, 0.15) is 5.54 Å². The van der Waals surface area contributed by atoms with Crippen LogP contribution >= 0.6 is 11.3 Å². The van der Waals surface area contributed by atoms with Crippen LogP contribution in [0.2, 0.25) is 0 Å². The molecule has 20 heavy (non-hydrogen) atoms. The molecule has 2 heterocycles. The van der Waals surface area contributed by atoms with Crippen LogP contribution in [-0.2, 0) is 4.79 Å². The van der Waals surface area contributed by atoms with E-state index >= 15 is 0 Å². The van der Waals surface area contributed by atoms with Crippen LogP contribution in [0.15, 0.2) is 30.3 Å². The Morgan fingerprint density at radius 1 is 1.35 bits per heavy atom. The molecule has 1 aromatic heterocycles. The summed E-state index contributed by atoms with van der Waals surface area (Å²) in [5.74, 6) is -1.19. The highest BCUT2D eigenvalue weighted by Crippen LogP contribution is 2.28. The fourth-order valence-electron chi connectivity index (χ4n) is 2.42. The summed E-state index contributed by atoms with van der Waals surface area (Å²) < 4.78 is 1.05. The molecule has 1 aliphatic heterocycles. The number of thiophene rings is 1. The van der Waals surface area contributed by atoms with Crippen LogP contribution in [0.3, 0.4) is 0 Å². The average molecular weight is 290 g/mol. The lowest BCUT2D eigenvalue weighted by atomic mass is 10.0. The monoisotopic (exact) mass is 290 g/mol. The maximum atomic E-state index is 12.4. The third-order valence-electron chi connectivity index (χ3n) is 3.65. The van der Waals surface area contributed by atoms with Crippen LogP contribution in [0.1, 0.15) is 16.1 Å². The number of carbonyl (C=O) groups excluding carboxylic acids is 1. The number of rotatable bonds is 2. The zero-order valence-electron chi connectivity index (χ0n) is 10.7. The molecular weight excluding hydrogens is 276 g/mol. The summed E-state index contributed by atoms with van der Waals surface area (Å²) in [6.07, 6.45) is 0.291. The highest BCUT2D eigenvalue weighted by Gasteiger charge is 2.43. The van der Waals surface area contributed by atoms with E-state index in [9.17, 15) is 9.59 Å². The van der Waals surface area contributed by atoms with Crippen LogP contribution < -0.4 is 5.73 Å². The Morgan fingerprint density at radius 2 is 2.10 bits per heavy atom. The summed E-state index contributed by atoms with van der Waals surface area (Å²) in [5.41, 5.74) is 4.48. The Kier molecular flexibility index (Phi) is 2.99. The summed E-state index contributed by atoms with van der Waals surface area (Å²) in [5, 5.41) is 10.1. The number of amides is 1. The van der Waals surface area contributed by atoms with Gasteiger partial charge in [-0.3, -0.25) is 9.59 Å². The molecule has 0 radical (unpaired) electrons. The number of nitrogens with zero attached hydrogens (tertiary/aromatic N) is 1. The molecule has 104 valence electrons. The molecular formula is C14H14N2O3S. The molecule has 3 N–H and O–H groups in total. The molecule has 0 aliphatic carbocycles. The average Bonchev–Trinajstić information content (AvgIpc) is 3.02. The fourth-order valence-corrected chi connectivity index (χ4v) is 3.45. The summed E-state index contributed by atoms with van der Waals surface area (Å²) in [6.45, 7) is 0.450. The number of likely N-dealkylation sites (tertiary alicyclic amines) is 1. The lowest BCUT2D eigenvalue weighted by Gasteiger charge is -2.19. The second-order valence-electron chi connectivity index (χ2n) is 5.09. The normalized spacial score (nSPS) is 22.4. The van der Waals surface area contributed by atoms with E-state index < -0.39 is 11.5 Å². The minimum atomic E-state index is -1.31. The van der Waals surface area contributed by atoms with Crippen molar-refractivity contribution in [2.24, 2.45) is 5.73 Å². The second kappa shape index (κ2) is 4.57. The van der Waals surface area contributed by atoms with Gasteiger partial charge in [-0.2, -0.15) is 0 Å². The van der Waals surface area contributed by atoms with Crippen LogP contribution in [0.4, 0.5) is 0 Å². The number of hydrogen-bond acceptors (Lipinski definition) is 4. The van der Waals surface area contributed by atoms with Gasteiger partial charge in [-0.05, 0) is 23.9 Å². The molecule has 1 saturated heterocycles. The fraction of sp³-hybridized carbons (Fsp3) is 0.286. The first kappa shape index (κ1) is 13.1. The van der Waals surface area contributed by atoms with Crippen molar-refractivity contribution in [3.05, 3.63) is 35.2 Å². The van der Waals surface area contributed by atoms with Crippen molar-refractivity contribution in [2.75, 3.05) is 13.1 Å². The third-order valence-corrected chi connectivity index (χ3v) is 4.75. The largest absolute Gasteiger partial charge is 0.480 e. The first-order valence-corrected chi connectivity index (χ1v) is 7.11. The molecule has 1 amide bonds. The second-order valence-corrected chi connectivity index (χ2v) is 6.17. The highest BCUT2D eigenvalue weighted by molar-refractivity contribution is 7.20. The van der Waals surface area contributed by atoms with E-state index in [1.807, 2.05) is 30.3 Å². The third kappa shape index (κ3) is 2.07. The predicted octanol–water partition coefficient (Wildman–Crippen LogP) is 1.53. The topological polar surface area (TPSA) is 83.6 Å². The number of fused-ring (bicyclic) bond motifs is 1. The molecule has 1 fully saturated rings. The van der Waals surface area contributed by atoms with Crippen molar-refractivity contribution in [3.63, 3.8) is 0 Å². The lowest BCUT2D eigenvalue weighted by molar-refractivity contribution is -0.142. The van der Waals surface area contributed by atoms with E-state index in [4.69, 9.17) is 10.8 Å². The van der Waals surface area contributed by atoms with Crippen molar-refractivity contribution in [2.45, 2.75) is 12.0 Å². The molecule has 2 aromatic rings. The lowest BCUT2D eigenvalue weighted by Crippen LogP contribution is -2.50. The Hall–Kier alpha value is -1.92. The maximum Gasteiger partial charge on any atom is 0.325 e. The number of aliphatic carboxylic acids is 1. The minimum absolute atomic E-state index is 0.0649. The van der Waals surface area contributed by atoms with Gasteiger partial charge < -0.3 is 15.7 Å². The number of carbonyl (C=O) groups is 2. The Balaban J connectivity index is 1.85. The summed E-state index contributed by atoms with van der Waals surface area (Å²) in [7, 11) is 0. The van der Waals surface area contributed by atoms with Gasteiger partial charge in [-0.25, -0.2) is 0 Å². The van der Waals surface area contributed by atoms with E-state index in [1.165, 1.54) is 16.2 Å². The van der Waals surface area contributed by atoms with Crippen molar-refractivity contribution < 1.29 is 14.7 Å². The first-order valence-electron chi connectivity index (χ1n) is 6.30. The van der Waals surface area contributed by atoms with E-state index in [0.717, 1.165) is 10.1 Å². The van der Waals surface area contributed by atoms with Gasteiger partial charge in [0.2, 0.25) is 0 Å². The Morgan fingerprint density at radius 3 is 2.75 bits per heavy atom. The van der Waals surface area contributed by atoms with Gasteiger partial charge in [-0.15, -0.1) is 11.3 Å². The maximum absolute atomic E-state index is 12.4. The van der Waals surface area contributed by atoms with Gasteiger partial charge in [-0.1, -0.05) is 18.2 Å². The molecule has 0 bridgehead atoms. The predicted molar refractivity (Wildman–Crippen MR) is 76.9 cm³/mol. The Labute approximate surface area is 119 Å². The molecule has 1 unspecified atom stereocenters. The summed E-state index contributed by atoms with van der Waals surface area (Å²) in [6, 6.07) is 9.62. The van der Waals surface area contributed by atoms with Crippen LogP contribution in [0.25, 0.3) is 10.1 Å². The molecule has 1 aliphatic rings.